The molecule has 0 fully saturated rings. The Kier molecular flexibility index (Phi) is 4.56. The third-order valence-corrected chi connectivity index (χ3v) is 3.49. The number of hydrogen-bond acceptors (Lipinski definition) is 3. The van der Waals surface area contributed by atoms with Crippen molar-refractivity contribution in [3.8, 4) is 17.3 Å². The van der Waals surface area contributed by atoms with E-state index in [1.54, 1.807) is 16.7 Å². The quantitative estimate of drug-likeness (QED) is 0.936. The van der Waals surface area contributed by atoms with E-state index in [1.165, 1.54) is 0 Å². The molecule has 0 bridgehead atoms. The van der Waals surface area contributed by atoms with Crippen molar-refractivity contribution < 1.29 is 5.11 Å². The minimum atomic E-state index is -0.302. The molecule has 1 aromatic heterocycles. The van der Waals surface area contributed by atoms with Gasteiger partial charge in [-0.2, -0.15) is 5.26 Å². The number of aryl methyl sites for hydroxylation is 2. The van der Waals surface area contributed by atoms with Crippen LogP contribution in [0.1, 0.15) is 23.1 Å². The molecule has 1 aromatic carbocycles. The van der Waals surface area contributed by atoms with E-state index in [9.17, 15) is 4.79 Å². The summed E-state index contributed by atoms with van der Waals surface area (Å²) < 4.78 is 1.58. The lowest BCUT2D eigenvalue weighted by Crippen LogP contribution is -2.24. The summed E-state index contributed by atoms with van der Waals surface area (Å²) in [5, 5.41) is 18.0. The first kappa shape index (κ1) is 15.0. The van der Waals surface area contributed by atoms with Crippen molar-refractivity contribution in [3.63, 3.8) is 0 Å². The predicted molar refractivity (Wildman–Crippen MR) is 82.0 cm³/mol. The van der Waals surface area contributed by atoms with Gasteiger partial charge in [0.2, 0.25) is 0 Å². The zero-order chi connectivity index (χ0) is 15.4. The molecule has 0 saturated heterocycles. The summed E-state index contributed by atoms with van der Waals surface area (Å²) in [6, 6.07) is 11.3. The topological polar surface area (TPSA) is 66.0 Å². The molecule has 0 unspecified atom stereocenters. The Morgan fingerprint density at radius 2 is 2.00 bits per heavy atom. The van der Waals surface area contributed by atoms with Crippen molar-refractivity contribution in [3.05, 3.63) is 57.4 Å². The van der Waals surface area contributed by atoms with Crippen LogP contribution in [-0.4, -0.2) is 16.3 Å². The number of aromatic nitrogens is 1. The molecule has 1 N–H and O–H groups in total. The highest BCUT2D eigenvalue weighted by atomic mass is 16.3. The van der Waals surface area contributed by atoms with E-state index in [0.29, 0.717) is 13.0 Å². The molecule has 0 radical (unpaired) electrons. The van der Waals surface area contributed by atoms with Crippen molar-refractivity contribution in [2.24, 2.45) is 0 Å². The minimum Gasteiger partial charge on any atom is -0.396 e. The lowest BCUT2D eigenvalue weighted by molar-refractivity contribution is 0.279. The summed E-state index contributed by atoms with van der Waals surface area (Å²) in [7, 11) is 0. The summed E-state index contributed by atoms with van der Waals surface area (Å²) in [5.74, 6) is 0. The van der Waals surface area contributed by atoms with E-state index in [1.807, 2.05) is 32.0 Å². The van der Waals surface area contributed by atoms with Gasteiger partial charge in [0.05, 0.1) is 5.69 Å². The Hall–Kier alpha value is -2.38. The van der Waals surface area contributed by atoms with E-state index in [-0.39, 0.29) is 17.7 Å². The average Bonchev–Trinajstić information content (AvgIpc) is 2.46. The van der Waals surface area contributed by atoms with Gasteiger partial charge in [0.1, 0.15) is 11.6 Å². The Balaban J connectivity index is 2.65. The minimum absolute atomic E-state index is 0.00947. The number of pyridine rings is 1. The van der Waals surface area contributed by atoms with Crippen molar-refractivity contribution in [1.82, 2.24) is 4.57 Å². The van der Waals surface area contributed by atoms with Crippen LogP contribution in [-0.2, 0) is 6.54 Å². The summed E-state index contributed by atoms with van der Waals surface area (Å²) in [6.45, 7) is 4.43. The molecule has 2 aromatic rings. The highest BCUT2D eigenvalue weighted by molar-refractivity contribution is 5.65. The molecular weight excluding hydrogens is 264 g/mol. The predicted octanol–water partition coefficient (Wildman–Crippen LogP) is 2.39. The van der Waals surface area contributed by atoms with Gasteiger partial charge in [0, 0.05) is 18.7 Å². The van der Waals surface area contributed by atoms with Gasteiger partial charge in [-0.15, -0.1) is 0 Å². The van der Waals surface area contributed by atoms with Crippen LogP contribution in [0.15, 0.2) is 35.1 Å². The van der Waals surface area contributed by atoms with E-state index < -0.39 is 0 Å². The normalized spacial score (nSPS) is 10.4. The van der Waals surface area contributed by atoms with Crippen molar-refractivity contribution in [2.45, 2.75) is 26.8 Å². The maximum Gasteiger partial charge on any atom is 0.268 e. The SMILES string of the molecule is Cc1ccc(-c2ccc(C#N)c(=O)n2CCCO)c(C)c1. The Morgan fingerprint density at radius 1 is 1.24 bits per heavy atom. The Morgan fingerprint density at radius 3 is 2.62 bits per heavy atom. The molecule has 4 nitrogen and oxygen atoms in total. The van der Waals surface area contributed by atoms with Crippen molar-refractivity contribution in [1.29, 1.82) is 5.26 Å². The standard InChI is InChI=1S/C17H18N2O2/c1-12-4-6-15(13(2)10-12)16-7-5-14(11-18)17(21)19(16)8-3-9-20/h4-7,10,20H,3,8-9H2,1-2H3. The van der Waals surface area contributed by atoms with E-state index in [2.05, 4.69) is 6.07 Å². The zero-order valence-electron chi connectivity index (χ0n) is 12.3. The fourth-order valence-corrected chi connectivity index (χ4v) is 2.45. The first-order chi connectivity index (χ1) is 10.1. The lowest BCUT2D eigenvalue weighted by Gasteiger charge is -2.15. The second-order valence-electron chi connectivity index (χ2n) is 5.10. The highest BCUT2D eigenvalue weighted by Crippen LogP contribution is 2.23. The highest BCUT2D eigenvalue weighted by Gasteiger charge is 2.12. The molecule has 21 heavy (non-hydrogen) atoms. The molecule has 1 heterocycles. The van der Waals surface area contributed by atoms with E-state index in [0.717, 1.165) is 22.4 Å². The van der Waals surface area contributed by atoms with E-state index in [4.69, 9.17) is 10.4 Å². The van der Waals surface area contributed by atoms with Gasteiger partial charge in [0.15, 0.2) is 0 Å². The van der Waals surface area contributed by atoms with Gasteiger partial charge in [-0.3, -0.25) is 4.79 Å². The smallest absolute Gasteiger partial charge is 0.268 e. The first-order valence-corrected chi connectivity index (χ1v) is 6.91. The molecule has 4 heteroatoms. The van der Waals surface area contributed by atoms with Gasteiger partial charge in [-0.1, -0.05) is 23.8 Å². The van der Waals surface area contributed by atoms with Gasteiger partial charge in [-0.25, -0.2) is 0 Å². The molecule has 0 aliphatic carbocycles. The van der Waals surface area contributed by atoms with Crippen LogP contribution < -0.4 is 5.56 Å². The van der Waals surface area contributed by atoms with Gasteiger partial charge in [-0.05, 0) is 38.0 Å². The Bertz CT molecular complexity index is 754. The number of hydrogen-bond donors (Lipinski definition) is 1. The maximum absolute atomic E-state index is 12.3. The number of nitriles is 1. The second kappa shape index (κ2) is 6.38. The summed E-state index contributed by atoms with van der Waals surface area (Å²) in [6.07, 6.45) is 0.479. The molecule has 0 atom stereocenters. The summed E-state index contributed by atoms with van der Waals surface area (Å²) >= 11 is 0. The van der Waals surface area contributed by atoms with E-state index >= 15 is 0 Å². The van der Waals surface area contributed by atoms with Crippen LogP contribution in [0.3, 0.4) is 0 Å². The van der Waals surface area contributed by atoms with Crippen molar-refractivity contribution in [2.75, 3.05) is 6.61 Å². The zero-order valence-corrected chi connectivity index (χ0v) is 12.3. The van der Waals surface area contributed by atoms with Crippen LogP contribution in [0.2, 0.25) is 0 Å². The second-order valence-corrected chi connectivity index (χ2v) is 5.10. The van der Waals surface area contributed by atoms with Crippen LogP contribution in [0, 0.1) is 25.2 Å². The molecule has 0 spiro atoms. The summed E-state index contributed by atoms with van der Waals surface area (Å²) in [5.41, 5.74) is 3.82. The largest absolute Gasteiger partial charge is 0.396 e. The number of nitrogens with zero attached hydrogens (tertiary/aromatic N) is 2. The molecular formula is C17H18N2O2. The monoisotopic (exact) mass is 282 g/mol. The first-order valence-electron chi connectivity index (χ1n) is 6.91. The maximum atomic E-state index is 12.3. The third kappa shape index (κ3) is 3.04. The number of aliphatic hydroxyl groups excluding tert-OH is 1. The summed E-state index contributed by atoms with van der Waals surface area (Å²) in [4.78, 5) is 12.3. The van der Waals surface area contributed by atoms with Crippen LogP contribution in [0.25, 0.3) is 11.3 Å². The Labute approximate surface area is 123 Å². The molecule has 108 valence electrons. The van der Waals surface area contributed by atoms with Gasteiger partial charge in [0.25, 0.3) is 5.56 Å². The lowest BCUT2D eigenvalue weighted by atomic mass is 10.0. The molecule has 0 aliphatic heterocycles. The number of rotatable bonds is 4. The molecule has 0 saturated carbocycles. The molecule has 2 rings (SSSR count). The fraction of sp³-hybridized carbons (Fsp3) is 0.294. The van der Waals surface area contributed by atoms with Crippen molar-refractivity contribution >= 4 is 0 Å². The molecule has 0 aliphatic rings. The van der Waals surface area contributed by atoms with Crippen LogP contribution >= 0.6 is 0 Å². The number of aliphatic hydroxyl groups is 1. The fourth-order valence-electron chi connectivity index (χ4n) is 2.45. The van der Waals surface area contributed by atoms with Gasteiger partial charge < -0.3 is 9.67 Å². The average molecular weight is 282 g/mol. The molecule has 0 amide bonds. The van der Waals surface area contributed by atoms with Crippen LogP contribution in [0.4, 0.5) is 0 Å². The number of benzene rings is 1. The third-order valence-electron chi connectivity index (χ3n) is 3.49. The van der Waals surface area contributed by atoms with Gasteiger partial charge >= 0.3 is 0 Å². The van der Waals surface area contributed by atoms with Crippen LogP contribution in [0.5, 0.6) is 0 Å².